The molecule has 0 saturated carbocycles. The van der Waals surface area contributed by atoms with Crippen molar-refractivity contribution in [3.05, 3.63) is 35.4 Å². The summed E-state index contributed by atoms with van der Waals surface area (Å²) in [6.07, 6.45) is 2.85. The molecule has 2 unspecified atom stereocenters. The Morgan fingerprint density at radius 1 is 1.04 bits per heavy atom. The molecule has 0 spiro atoms. The monoisotopic (exact) mass is 407 g/mol. The fraction of sp³-hybridized carbons (Fsp3) is 0.571. The van der Waals surface area contributed by atoms with E-state index in [0.717, 1.165) is 18.0 Å². The second-order valence-corrected chi connectivity index (χ2v) is 8.01. The van der Waals surface area contributed by atoms with Crippen molar-refractivity contribution in [1.82, 2.24) is 15.1 Å². The summed E-state index contributed by atoms with van der Waals surface area (Å²) in [5, 5.41) is 2.98. The Hall–Kier alpha value is -1.92. The molecule has 1 N–H and O–H groups in total. The van der Waals surface area contributed by atoms with Crippen LogP contribution in [0.1, 0.15) is 60.7 Å². The molecule has 154 valence electrons. The highest BCUT2D eigenvalue weighted by molar-refractivity contribution is 6.22. The third-order valence-corrected chi connectivity index (χ3v) is 5.47. The molecule has 3 amide bonds. The van der Waals surface area contributed by atoms with Gasteiger partial charge in [-0.2, -0.15) is 0 Å². The number of carbonyl (C=O) groups is 3. The van der Waals surface area contributed by atoms with Crippen LogP contribution in [0.2, 0.25) is 0 Å². The highest BCUT2D eigenvalue weighted by Gasteiger charge is 2.42. The van der Waals surface area contributed by atoms with Gasteiger partial charge in [-0.05, 0) is 57.3 Å². The van der Waals surface area contributed by atoms with E-state index in [2.05, 4.69) is 17.1 Å². The molecule has 0 bridgehead atoms. The molecule has 0 radical (unpaired) electrons. The van der Waals surface area contributed by atoms with Crippen LogP contribution in [-0.2, 0) is 4.79 Å². The van der Waals surface area contributed by atoms with Crippen molar-refractivity contribution < 1.29 is 14.4 Å². The molecule has 28 heavy (non-hydrogen) atoms. The molecule has 3 rings (SSSR count). The van der Waals surface area contributed by atoms with Crippen LogP contribution in [0.4, 0.5) is 0 Å². The fourth-order valence-electron chi connectivity index (χ4n) is 3.94. The van der Waals surface area contributed by atoms with Gasteiger partial charge in [-0.1, -0.05) is 26.0 Å². The van der Waals surface area contributed by atoms with Crippen molar-refractivity contribution in [2.24, 2.45) is 5.92 Å². The van der Waals surface area contributed by atoms with Gasteiger partial charge >= 0.3 is 0 Å². The Morgan fingerprint density at radius 2 is 1.57 bits per heavy atom. The molecule has 0 aliphatic carbocycles. The quantitative estimate of drug-likeness (QED) is 0.705. The molecule has 1 aromatic rings. The van der Waals surface area contributed by atoms with Crippen LogP contribution in [0.25, 0.3) is 0 Å². The molecule has 6 nitrogen and oxygen atoms in total. The minimum absolute atomic E-state index is 0. The lowest BCUT2D eigenvalue weighted by Gasteiger charge is -2.29. The van der Waals surface area contributed by atoms with E-state index in [1.807, 2.05) is 13.8 Å². The number of imide groups is 1. The number of nitrogens with one attached hydrogen (secondary N) is 1. The fourth-order valence-corrected chi connectivity index (χ4v) is 3.94. The Balaban J connectivity index is 0.00000280. The summed E-state index contributed by atoms with van der Waals surface area (Å²) in [5.41, 5.74) is 0.768. The predicted octanol–water partition coefficient (Wildman–Crippen LogP) is 2.72. The molecule has 1 saturated heterocycles. The molecule has 7 heteroatoms. The minimum atomic E-state index is -0.775. The summed E-state index contributed by atoms with van der Waals surface area (Å²) >= 11 is 0. The number of benzene rings is 1. The van der Waals surface area contributed by atoms with Crippen LogP contribution >= 0.6 is 12.4 Å². The first-order chi connectivity index (χ1) is 12.9. The first-order valence-electron chi connectivity index (χ1n) is 9.88. The smallest absolute Gasteiger partial charge is 0.262 e. The number of nitrogens with zero attached hydrogens (tertiary/aromatic N) is 2. The van der Waals surface area contributed by atoms with Gasteiger partial charge in [-0.15, -0.1) is 12.4 Å². The highest BCUT2D eigenvalue weighted by Crippen LogP contribution is 2.27. The van der Waals surface area contributed by atoms with Crippen molar-refractivity contribution in [3.8, 4) is 0 Å². The van der Waals surface area contributed by atoms with Crippen LogP contribution in [-0.4, -0.2) is 59.2 Å². The Morgan fingerprint density at radius 3 is 2.07 bits per heavy atom. The van der Waals surface area contributed by atoms with E-state index < -0.39 is 6.04 Å². The van der Waals surface area contributed by atoms with Gasteiger partial charge in [0.2, 0.25) is 5.91 Å². The van der Waals surface area contributed by atoms with E-state index in [0.29, 0.717) is 24.1 Å². The van der Waals surface area contributed by atoms with Crippen LogP contribution < -0.4 is 5.32 Å². The van der Waals surface area contributed by atoms with Crippen LogP contribution in [0.15, 0.2) is 24.3 Å². The Kier molecular flexibility index (Phi) is 7.61. The van der Waals surface area contributed by atoms with Crippen molar-refractivity contribution in [2.45, 2.75) is 52.1 Å². The maximum absolute atomic E-state index is 13.0. The van der Waals surface area contributed by atoms with E-state index in [9.17, 15) is 14.4 Å². The number of hydrogen-bond acceptors (Lipinski definition) is 4. The number of fused-ring (bicyclic) bond motifs is 1. The van der Waals surface area contributed by atoms with Crippen LogP contribution in [0.5, 0.6) is 0 Å². The SMILES string of the molecule is CC(C)CC(C(=O)NCC(C)N1CCCC1)N1C(=O)c2ccccc2C1=O.Cl. The predicted molar refractivity (Wildman–Crippen MR) is 111 cm³/mol. The standard InChI is InChI=1S/C21H29N3O3.ClH/c1-14(2)12-18(19(25)22-13-15(3)23-10-6-7-11-23)24-20(26)16-8-4-5-9-17(16)21(24)27;/h4-5,8-9,14-15,18H,6-7,10-13H2,1-3H3,(H,22,25);1H. The molecule has 2 atom stereocenters. The van der Waals surface area contributed by atoms with Gasteiger partial charge in [0.15, 0.2) is 0 Å². The molecule has 1 fully saturated rings. The number of amides is 3. The number of halogens is 1. The molecule has 2 aliphatic heterocycles. The first kappa shape index (κ1) is 22.4. The maximum Gasteiger partial charge on any atom is 0.262 e. The average Bonchev–Trinajstić information content (AvgIpc) is 3.26. The summed E-state index contributed by atoms with van der Waals surface area (Å²) in [6.45, 7) is 8.73. The van der Waals surface area contributed by atoms with Gasteiger partial charge in [-0.25, -0.2) is 0 Å². The van der Waals surface area contributed by atoms with Crippen molar-refractivity contribution >= 4 is 30.1 Å². The summed E-state index contributed by atoms with van der Waals surface area (Å²) in [7, 11) is 0. The van der Waals surface area contributed by atoms with Gasteiger partial charge < -0.3 is 5.32 Å². The number of carbonyl (C=O) groups excluding carboxylic acids is 3. The van der Waals surface area contributed by atoms with Gasteiger partial charge in [0, 0.05) is 12.6 Å². The van der Waals surface area contributed by atoms with Crippen LogP contribution in [0.3, 0.4) is 0 Å². The molecule has 2 heterocycles. The average molecular weight is 408 g/mol. The summed E-state index contributed by atoms with van der Waals surface area (Å²) < 4.78 is 0. The molecular formula is C21H30ClN3O3. The first-order valence-corrected chi connectivity index (χ1v) is 9.88. The largest absolute Gasteiger partial charge is 0.353 e. The second-order valence-electron chi connectivity index (χ2n) is 8.01. The summed E-state index contributed by atoms with van der Waals surface area (Å²) in [4.78, 5) is 42.1. The Labute approximate surface area is 173 Å². The molecule has 1 aromatic carbocycles. The Bertz CT molecular complexity index is 696. The lowest BCUT2D eigenvalue weighted by molar-refractivity contribution is -0.125. The van der Waals surface area contributed by atoms with Crippen molar-refractivity contribution in [1.29, 1.82) is 0 Å². The normalized spacial score (nSPS) is 18.8. The van der Waals surface area contributed by atoms with Gasteiger partial charge in [-0.3, -0.25) is 24.2 Å². The lowest BCUT2D eigenvalue weighted by atomic mass is 10.0. The van der Waals surface area contributed by atoms with E-state index in [-0.39, 0.29) is 42.1 Å². The van der Waals surface area contributed by atoms with Crippen molar-refractivity contribution in [2.75, 3.05) is 19.6 Å². The van der Waals surface area contributed by atoms with E-state index in [4.69, 9.17) is 0 Å². The highest BCUT2D eigenvalue weighted by atomic mass is 35.5. The number of rotatable bonds is 7. The molecule has 0 aromatic heterocycles. The molecule has 2 aliphatic rings. The number of likely N-dealkylation sites (tertiary alicyclic amines) is 1. The lowest BCUT2D eigenvalue weighted by Crippen LogP contribution is -2.52. The molecular weight excluding hydrogens is 378 g/mol. The van der Waals surface area contributed by atoms with Crippen molar-refractivity contribution in [3.63, 3.8) is 0 Å². The van der Waals surface area contributed by atoms with Gasteiger partial charge in [0.25, 0.3) is 11.8 Å². The van der Waals surface area contributed by atoms with E-state index in [1.54, 1.807) is 24.3 Å². The van der Waals surface area contributed by atoms with Gasteiger partial charge in [0.1, 0.15) is 6.04 Å². The van der Waals surface area contributed by atoms with E-state index in [1.165, 1.54) is 12.8 Å². The summed E-state index contributed by atoms with van der Waals surface area (Å²) in [5.74, 6) is -0.807. The topological polar surface area (TPSA) is 69.7 Å². The third-order valence-electron chi connectivity index (χ3n) is 5.47. The van der Waals surface area contributed by atoms with Crippen LogP contribution in [0, 0.1) is 5.92 Å². The zero-order valence-electron chi connectivity index (χ0n) is 16.8. The zero-order chi connectivity index (χ0) is 19.6. The van der Waals surface area contributed by atoms with Gasteiger partial charge in [0.05, 0.1) is 11.1 Å². The third kappa shape index (κ3) is 4.55. The summed E-state index contributed by atoms with van der Waals surface area (Å²) in [6, 6.07) is 6.25. The number of hydrogen-bond donors (Lipinski definition) is 1. The maximum atomic E-state index is 13.0. The van der Waals surface area contributed by atoms with E-state index >= 15 is 0 Å². The second kappa shape index (κ2) is 9.52. The minimum Gasteiger partial charge on any atom is -0.353 e. The zero-order valence-corrected chi connectivity index (χ0v) is 17.6.